The van der Waals surface area contributed by atoms with Gasteiger partial charge in [0.1, 0.15) is 6.20 Å². The first-order valence-electron chi connectivity index (χ1n) is 5.26. The number of nitrogens with zero attached hydrogens (tertiary/aromatic N) is 2. The summed E-state index contributed by atoms with van der Waals surface area (Å²) in [6.45, 7) is 0. The van der Waals surface area contributed by atoms with E-state index in [1.54, 1.807) is 0 Å². The second-order valence-electron chi connectivity index (χ2n) is 3.64. The zero-order valence-electron chi connectivity index (χ0n) is 8.75. The van der Waals surface area contributed by atoms with E-state index in [-0.39, 0.29) is 0 Å². The number of fused-ring (bicyclic) bond motifs is 1. The lowest BCUT2D eigenvalue weighted by atomic mass is 10.1. The fourth-order valence-corrected chi connectivity index (χ4v) is 1.75. The number of rotatable bonds is 1. The Kier molecular flexibility index (Phi) is 2.11. The van der Waals surface area contributed by atoms with Crippen molar-refractivity contribution >= 4 is 5.65 Å². The lowest BCUT2D eigenvalue weighted by Gasteiger charge is -1.95. The Hall–Kier alpha value is -2.22. The van der Waals surface area contributed by atoms with Gasteiger partial charge in [-0.2, -0.15) is 0 Å². The van der Waals surface area contributed by atoms with Crippen molar-refractivity contribution in [1.82, 2.24) is 4.98 Å². The van der Waals surface area contributed by atoms with E-state index in [4.69, 9.17) is 0 Å². The van der Waals surface area contributed by atoms with Gasteiger partial charge in [-0.3, -0.25) is 0 Å². The molecule has 2 heterocycles. The average molecular weight is 207 g/mol. The molecule has 0 bridgehead atoms. The topological polar surface area (TPSA) is 17.0 Å². The van der Waals surface area contributed by atoms with Gasteiger partial charge >= 0.3 is 5.65 Å². The number of benzene rings is 1. The van der Waals surface area contributed by atoms with Crippen LogP contribution in [0.2, 0.25) is 0 Å². The van der Waals surface area contributed by atoms with Crippen LogP contribution in [0.3, 0.4) is 0 Å². The van der Waals surface area contributed by atoms with E-state index in [1.165, 1.54) is 0 Å². The lowest BCUT2D eigenvalue weighted by molar-refractivity contribution is -0.514. The van der Waals surface area contributed by atoms with E-state index in [1.807, 2.05) is 59.3 Å². The smallest absolute Gasteiger partial charge is 0.203 e. The highest BCUT2D eigenvalue weighted by atomic mass is 14.9. The standard InChI is InChI=1S/C14H11N2/c1-2-6-12(7-3-1)13-9-11-16-10-5-4-8-14(16)15-13/h1-11H/q+1. The van der Waals surface area contributed by atoms with Crippen molar-refractivity contribution in [2.75, 3.05) is 0 Å². The molecule has 1 aromatic carbocycles. The molecule has 0 aliphatic carbocycles. The summed E-state index contributed by atoms with van der Waals surface area (Å²) in [5, 5.41) is 0. The van der Waals surface area contributed by atoms with Crippen LogP contribution in [0, 0.1) is 0 Å². The molecule has 0 aliphatic heterocycles. The highest BCUT2D eigenvalue weighted by Crippen LogP contribution is 2.14. The van der Waals surface area contributed by atoms with Crippen molar-refractivity contribution < 1.29 is 4.40 Å². The summed E-state index contributed by atoms with van der Waals surface area (Å²) in [5.41, 5.74) is 3.12. The van der Waals surface area contributed by atoms with Gasteiger partial charge < -0.3 is 0 Å². The minimum absolute atomic E-state index is 0.962. The van der Waals surface area contributed by atoms with Gasteiger partial charge in [0.15, 0.2) is 5.69 Å². The molecule has 2 heteroatoms. The van der Waals surface area contributed by atoms with Crippen molar-refractivity contribution in [3.63, 3.8) is 0 Å². The summed E-state index contributed by atoms with van der Waals surface area (Å²) in [7, 11) is 0. The molecule has 2 nitrogen and oxygen atoms in total. The molecule has 3 aromatic rings. The zero-order chi connectivity index (χ0) is 10.8. The summed E-state index contributed by atoms with van der Waals surface area (Å²) in [6.07, 6.45) is 4.03. The third kappa shape index (κ3) is 1.54. The van der Waals surface area contributed by atoms with E-state index in [2.05, 4.69) is 17.1 Å². The van der Waals surface area contributed by atoms with E-state index in [0.717, 1.165) is 16.9 Å². The maximum atomic E-state index is 4.61. The molecule has 76 valence electrons. The molecule has 0 fully saturated rings. The van der Waals surface area contributed by atoms with Gasteiger partial charge in [-0.05, 0) is 11.1 Å². The Morgan fingerprint density at radius 1 is 0.750 bits per heavy atom. The van der Waals surface area contributed by atoms with Gasteiger partial charge in [0.2, 0.25) is 0 Å². The van der Waals surface area contributed by atoms with Gasteiger partial charge in [0.25, 0.3) is 0 Å². The first-order valence-corrected chi connectivity index (χ1v) is 5.26. The second-order valence-corrected chi connectivity index (χ2v) is 3.64. The van der Waals surface area contributed by atoms with Crippen LogP contribution in [-0.4, -0.2) is 4.98 Å². The predicted molar refractivity (Wildman–Crippen MR) is 62.8 cm³/mol. The lowest BCUT2D eigenvalue weighted by Crippen LogP contribution is -2.21. The van der Waals surface area contributed by atoms with E-state index in [0.29, 0.717) is 0 Å². The maximum absolute atomic E-state index is 4.61. The maximum Gasteiger partial charge on any atom is 0.328 e. The highest BCUT2D eigenvalue weighted by Gasteiger charge is 2.07. The van der Waals surface area contributed by atoms with Crippen LogP contribution in [0.4, 0.5) is 0 Å². The molecule has 0 saturated carbocycles. The van der Waals surface area contributed by atoms with Crippen LogP contribution in [0.15, 0.2) is 67.0 Å². The van der Waals surface area contributed by atoms with Crippen molar-refractivity contribution in [1.29, 1.82) is 0 Å². The summed E-state index contributed by atoms with van der Waals surface area (Å²) < 4.78 is 2.01. The Morgan fingerprint density at radius 2 is 1.56 bits per heavy atom. The van der Waals surface area contributed by atoms with Crippen LogP contribution >= 0.6 is 0 Å². The predicted octanol–water partition coefficient (Wildman–Crippen LogP) is 2.49. The first-order chi connectivity index (χ1) is 7.93. The molecular formula is C14H11N2+. The number of hydrogen-bond donors (Lipinski definition) is 0. The zero-order valence-corrected chi connectivity index (χ0v) is 8.75. The molecule has 0 atom stereocenters. The van der Waals surface area contributed by atoms with E-state index < -0.39 is 0 Å². The number of pyridine rings is 1. The quantitative estimate of drug-likeness (QED) is 0.560. The van der Waals surface area contributed by atoms with Crippen molar-refractivity contribution in [3.8, 4) is 11.3 Å². The van der Waals surface area contributed by atoms with Crippen molar-refractivity contribution in [3.05, 3.63) is 67.0 Å². The van der Waals surface area contributed by atoms with Crippen LogP contribution < -0.4 is 4.40 Å². The Labute approximate surface area is 93.8 Å². The molecule has 0 aliphatic rings. The Balaban J connectivity index is 2.19. The summed E-state index contributed by atoms with van der Waals surface area (Å²) in [5.74, 6) is 0. The monoisotopic (exact) mass is 207 g/mol. The minimum Gasteiger partial charge on any atom is -0.203 e. The van der Waals surface area contributed by atoms with Crippen LogP contribution in [0.5, 0.6) is 0 Å². The first kappa shape index (κ1) is 9.04. The van der Waals surface area contributed by atoms with Gasteiger partial charge in [0.05, 0.1) is 6.20 Å². The number of aromatic nitrogens is 2. The summed E-state index contributed by atoms with van der Waals surface area (Å²) in [6, 6.07) is 18.2. The third-order valence-corrected chi connectivity index (χ3v) is 2.57. The molecule has 0 unspecified atom stereocenters. The normalized spacial score (nSPS) is 10.5. The molecule has 2 aromatic heterocycles. The van der Waals surface area contributed by atoms with Gasteiger partial charge in [-0.25, -0.2) is 4.40 Å². The second kappa shape index (κ2) is 3.74. The Bertz CT molecular complexity index is 618. The molecule has 0 spiro atoms. The van der Waals surface area contributed by atoms with Crippen LogP contribution in [-0.2, 0) is 0 Å². The molecule has 0 amide bonds. The minimum atomic E-state index is 0.962. The average Bonchev–Trinajstić information content (AvgIpc) is 2.39. The largest absolute Gasteiger partial charge is 0.328 e. The fourth-order valence-electron chi connectivity index (χ4n) is 1.75. The summed E-state index contributed by atoms with van der Waals surface area (Å²) >= 11 is 0. The molecule has 0 saturated heterocycles. The fraction of sp³-hybridized carbons (Fsp3) is 0. The van der Waals surface area contributed by atoms with E-state index >= 15 is 0 Å². The molecule has 0 N–H and O–H groups in total. The van der Waals surface area contributed by atoms with Crippen molar-refractivity contribution in [2.24, 2.45) is 0 Å². The third-order valence-electron chi connectivity index (χ3n) is 2.57. The van der Waals surface area contributed by atoms with Gasteiger partial charge in [-0.1, -0.05) is 36.4 Å². The highest BCUT2D eigenvalue weighted by molar-refractivity contribution is 5.59. The Morgan fingerprint density at radius 3 is 2.44 bits per heavy atom. The molecule has 0 radical (unpaired) electrons. The van der Waals surface area contributed by atoms with E-state index in [9.17, 15) is 0 Å². The summed E-state index contributed by atoms with van der Waals surface area (Å²) in [4.78, 5) is 4.61. The molecular weight excluding hydrogens is 196 g/mol. The van der Waals surface area contributed by atoms with Gasteiger partial charge in [-0.15, -0.1) is 0 Å². The van der Waals surface area contributed by atoms with Crippen LogP contribution in [0.1, 0.15) is 0 Å². The number of hydrogen-bond acceptors (Lipinski definition) is 1. The van der Waals surface area contributed by atoms with Crippen LogP contribution in [0.25, 0.3) is 16.9 Å². The van der Waals surface area contributed by atoms with Gasteiger partial charge in [0, 0.05) is 17.7 Å². The SMILES string of the molecule is c1ccc(-c2cc[n+]3ccccc3n2)cc1. The van der Waals surface area contributed by atoms with Crippen molar-refractivity contribution in [2.45, 2.75) is 0 Å². The molecule has 3 rings (SSSR count). The molecule has 16 heavy (non-hydrogen) atoms.